The van der Waals surface area contributed by atoms with Crippen molar-refractivity contribution in [3.63, 3.8) is 0 Å². The maximum absolute atomic E-state index is 12.0. The number of hydrogen-bond donors (Lipinski definition) is 3. The van der Waals surface area contributed by atoms with Gasteiger partial charge in [-0.3, -0.25) is 9.89 Å². The number of carbonyl (C=O) groups is 1. The fraction of sp³-hybridized carbons (Fsp3) is 0.765. The first kappa shape index (κ1) is 17.0. The molecule has 1 aromatic rings. The lowest BCUT2D eigenvalue weighted by Gasteiger charge is -2.17. The van der Waals surface area contributed by atoms with Gasteiger partial charge in [-0.25, -0.2) is 0 Å². The van der Waals surface area contributed by atoms with Crippen molar-refractivity contribution in [2.45, 2.75) is 77.3 Å². The van der Waals surface area contributed by atoms with Crippen molar-refractivity contribution in [3.05, 3.63) is 17.5 Å². The number of rotatable bonds is 7. The molecule has 5 heteroatoms. The number of amides is 1. The first-order chi connectivity index (χ1) is 10.6. The molecule has 0 spiro atoms. The average molecular weight is 306 g/mol. The SMILES string of the molecule is Cc1cc(C[C@@H](C)NCCC(=O)NC2CCCCCC2)n[nH]1. The number of nitrogens with one attached hydrogen (secondary N) is 3. The quantitative estimate of drug-likeness (QED) is 0.678. The van der Waals surface area contributed by atoms with Crippen LogP contribution in [-0.4, -0.2) is 34.7 Å². The van der Waals surface area contributed by atoms with E-state index in [2.05, 4.69) is 33.8 Å². The van der Waals surface area contributed by atoms with Gasteiger partial charge in [-0.15, -0.1) is 0 Å². The second kappa shape index (κ2) is 8.93. The van der Waals surface area contributed by atoms with Crippen molar-refractivity contribution in [2.24, 2.45) is 0 Å². The predicted molar refractivity (Wildman–Crippen MR) is 88.7 cm³/mol. The maximum Gasteiger partial charge on any atom is 0.221 e. The minimum atomic E-state index is 0.183. The highest BCUT2D eigenvalue weighted by atomic mass is 16.1. The van der Waals surface area contributed by atoms with Gasteiger partial charge in [0.2, 0.25) is 5.91 Å². The molecule has 0 unspecified atom stereocenters. The average Bonchev–Trinajstić information content (AvgIpc) is 2.72. The Morgan fingerprint density at radius 1 is 1.36 bits per heavy atom. The second-order valence-electron chi connectivity index (χ2n) is 6.61. The van der Waals surface area contributed by atoms with Gasteiger partial charge < -0.3 is 10.6 Å². The van der Waals surface area contributed by atoms with Crippen LogP contribution in [0.2, 0.25) is 0 Å². The number of hydrogen-bond acceptors (Lipinski definition) is 3. The molecular weight excluding hydrogens is 276 g/mol. The topological polar surface area (TPSA) is 69.8 Å². The van der Waals surface area contributed by atoms with Gasteiger partial charge in [-0.2, -0.15) is 5.10 Å². The molecular formula is C17H30N4O. The number of aromatic nitrogens is 2. The zero-order valence-corrected chi connectivity index (χ0v) is 14.0. The third-order valence-corrected chi connectivity index (χ3v) is 4.34. The highest BCUT2D eigenvalue weighted by Crippen LogP contribution is 2.17. The van der Waals surface area contributed by atoms with Gasteiger partial charge in [-0.1, -0.05) is 25.7 Å². The number of carbonyl (C=O) groups excluding carboxylic acids is 1. The van der Waals surface area contributed by atoms with E-state index < -0.39 is 0 Å². The normalized spacial score (nSPS) is 17.9. The van der Waals surface area contributed by atoms with Crippen LogP contribution in [0, 0.1) is 6.92 Å². The molecule has 1 atom stereocenters. The van der Waals surface area contributed by atoms with Crippen LogP contribution in [0.4, 0.5) is 0 Å². The number of aryl methyl sites for hydroxylation is 1. The summed E-state index contributed by atoms with van der Waals surface area (Å²) in [5.41, 5.74) is 2.16. The van der Waals surface area contributed by atoms with Crippen LogP contribution in [0.25, 0.3) is 0 Å². The lowest BCUT2D eigenvalue weighted by Crippen LogP contribution is -2.37. The minimum Gasteiger partial charge on any atom is -0.353 e. The summed E-state index contributed by atoms with van der Waals surface area (Å²) in [6.45, 7) is 4.86. The highest BCUT2D eigenvalue weighted by molar-refractivity contribution is 5.76. The fourth-order valence-corrected chi connectivity index (χ4v) is 3.12. The largest absolute Gasteiger partial charge is 0.353 e. The van der Waals surface area contributed by atoms with E-state index in [1.54, 1.807) is 0 Å². The monoisotopic (exact) mass is 306 g/mol. The summed E-state index contributed by atoms with van der Waals surface area (Å²) in [6, 6.07) is 2.80. The van der Waals surface area contributed by atoms with Gasteiger partial charge in [0.1, 0.15) is 0 Å². The van der Waals surface area contributed by atoms with E-state index in [1.165, 1.54) is 25.7 Å². The second-order valence-corrected chi connectivity index (χ2v) is 6.61. The predicted octanol–water partition coefficient (Wildman–Crippen LogP) is 2.47. The summed E-state index contributed by atoms with van der Waals surface area (Å²) in [4.78, 5) is 12.0. The maximum atomic E-state index is 12.0. The highest BCUT2D eigenvalue weighted by Gasteiger charge is 2.14. The Bertz CT molecular complexity index is 449. The van der Waals surface area contributed by atoms with Crippen LogP contribution >= 0.6 is 0 Å². The van der Waals surface area contributed by atoms with Crippen LogP contribution in [0.1, 0.15) is 63.3 Å². The van der Waals surface area contributed by atoms with Gasteiger partial charge in [0.25, 0.3) is 0 Å². The molecule has 0 aliphatic heterocycles. The zero-order chi connectivity index (χ0) is 15.8. The summed E-state index contributed by atoms with van der Waals surface area (Å²) >= 11 is 0. The molecule has 22 heavy (non-hydrogen) atoms. The van der Waals surface area contributed by atoms with Gasteiger partial charge in [0.15, 0.2) is 0 Å². The Morgan fingerprint density at radius 3 is 2.73 bits per heavy atom. The third kappa shape index (κ3) is 6.18. The first-order valence-electron chi connectivity index (χ1n) is 8.67. The molecule has 1 aliphatic rings. The lowest BCUT2D eigenvalue weighted by atomic mass is 10.1. The smallest absolute Gasteiger partial charge is 0.221 e. The minimum absolute atomic E-state index is 0.183. The first-order valence-corrected chi connectivity index (χ1v) is 8.67. The summed E-state index contributed by atoms with van der Waals surface area (Å²) in [6.07, 6.45) is 8.88. The third-order valence-electron chi connectivity index (χ3n) is 4.34. The molecule has 5 nitrogen and oxygen atoms in total. The summed E-state index contributed by atoms with van der Waals surface area (Å²) in [5.74, 6) is 0.183. The molecule has 1 aromatic heterocycles. The van der Waals surface area contributed by atoms with E-state index in [9.17, 15) is 4.79 Å². The van der Waals surface area contributed by atoms with Gasteiger partial charge in [0, 0.05) is 37.2 Å². The molecule has 124 valence electrons. The molecule has 1 aliphatic carbocycles. The Balaban J connectivity index is 1.59. The Hall–Kier alpha value is -1.36. The molecule has 0 saturated heterocycles. The molecule has 0 bridgehead atoms. The van der Waals surface area contributed by atoms with Crippen LogP contribution < -0.4 is 10.6 Å². The van der Waals surface area contributed by atoms with Crippen LogP contribution in [0.15, 0.2) is 6.07 Å². The Labute approximate surface area is 133 Å². The van der Waals surface area contributed by atoms with E-state index in [0.717, 1.165) is 37.2 Å². The van der Waals surface area contributed by atoms with E-state index in [4.69, 9.17) is 0 Å². The molecule has 1 fully saturated rings. The van der Waals surface area contributed by atoms with Crippen LogP contribution in [0.5, 0.6) is 0 Å². The fourth-order valence-electron chi connectivity index (χ4n) is 3.12. The van der Waals surface area contributed by atoms with Crippen molar-refractivity contribution >= 4 is 5.91 Å². The molecule has 3 N–H and O–H groups in total. The standard InChI is InChI=1S/C17H30N4O/c1-13(11-16-12-14(2)20-21-16)18-10-9-17(22)19-15-7-5-3-4-6-8-15/h12-13,15,18H,3-11H2,1-2H3,(H,19,22)(H,20,21)/t13-/m1/s1. The van der Waals surface area contributed by atoms with Crippen molar-refractivity contribution < 1.29 is 4.79 Å². The van der Waals surface area contributed by atoms with Gasteiger partial charge >= 0.3 is 0 Å². The van der Waals surface area contributed by atoms with E-state index in [-0.39, 0.29) is 5.91 Å². The van der Waals surface area contributed by atoms with Crippen molar-refractivity contribution in [1.29, 1.82) is 0 Å². The van der Waals surface area contributed by atoms with Crippen LogP contribution in [0.3, 0.4) is 0 Å². The molecule has 1 saturated carbocycles. The summed E-state index contributed by atoms with van der Waals surface area (Å²) in [5, 5.41) is 13.8. The van der Waals surface area contributed by atoms with Crippen molar-refractivity contribution in [1.82, 2.24) is 20.8 Å². The summed E-state index contributed by atoms with van der Waals surface area (Å²) < 4.78 is 0. The van der Waals surface area contributed by atoms with Crippen molar-refractivity contribution in [2.75, 3.05) is 6.54 Å². The van der Waals surface area contributed by atoms with E-state index in [0.29, 0.717) is 18.5 Å². The number of nitrogens with zero attached hydrogens (tertiary/aromatic N) is 1. The number of H-pyrrole nitrogens is 1. The van der Waals surface area contributed by atoms with Crippen LogP contribution in [-0.2, 0) is 11.2 Å². The molecule has 1 heterocycles. The molecule has 0 aromatic carbocycles. The molecule has 1 amide bonds. The van der Waals surface area contributed by atoms with Crippen molar-refractivity contribution in [3.8, 4) is 0 Å². The van der Waals surface area contributed by atoms with E-state index in [1.807, 2.05) is 6.92 Å². The van der Waals surface area contributed by atoms with Gasteiger partial charge in [0.05, 0.1) is 5.69 Å². The van der Waals surface area contributed by atoms with Gasteiger partial charge in [-0.05, 0) is 32.8 Å². The number of aromatic amines is 1. The summed E-state index contributed by atoms with van der Waals surface area (Å²) in [7, 11) is 0. The molecule has 0 radical (unpaired) electrons. The molecule has 2 rings (SSSR count). The lowest BCUT2D eigenvalue weighted by molar-refractivity contribution is -0.121. The Morgan fingerprint density at radius 2 is 2.09 bits per heavy atom. The zero-order valence-electron chi connectivity index (χ0n) is 14.0. The van der Waals surface area contributed by atoms with E-state index >= 15 is 0 Å². The Kier molecular flexibility index (Phi) is 6.90.